The number of carbonyl (C=O) groups excluding carboxylic acids is 1. The number of hydrogen-bond acceptors (Lipinski definition) is 3. The Labute approximate surface area is 63.8 Å². The highest BCUT2D eigenvalue weighted by atomic mass is 16.3. The van der Waals surface area contributed by atoms with Crippen LogP contribution in [-0.4, -0.2) is 17.1 Å². The highest BCUT2D eigenvalue weighted by Crippen LogP contribution is 2.09. The maximum Gasteiger partial charge on any atom is 0.203 e. The van der Waals surface area contributed by atoms with E-state index in [4.69, 9.17) is 10.5 Å². The van der Waals surface area contributed by atoms with Crippen molar-refractivity contribution in [3.8, 4) is 5.75 Å². The van der Waals surface area contributed by atoms with Crippen LogP contribution in [0.25, 0.3) is 0 Å². The lowest BCUT2D eigenvalue weighted by Crippen LogP contribution is -1.97. The van der Waals surface area contributed by atoms with Crippen LogP contribution in [0, 0.1) is 5.41 Å². The number of rotatable bonds is 2. The van der Waals surface area contributed by atoms with Crippen molar-refractivity contribution in [3.63, 3.8) is 0 Å². The number of aromatic hydroxyl groups is 1. The van der Waals surface area contributed by atoms with Gasteiger partial charge in [0.25, 0.3) is 0 Å². The SMILES string of the molecule is N=CC(=O)c1ccc(O)cc1. The fourth-order valence-corrected chi connectivity index (χ4v) is 0.709. The summed E-state index contributed by atoms with van der Waals surface area (Å²) in [4.78, 5) is 10.8. The maximum absolute atomic E-state index is 10.8. The van der Waals surface area contributed by atoms with Gasteiger partial charge in [-0.25, -0.2) is 0 Å². The van der Waals surface area contributed by atoms with Gasteiger partial charge in [-0.3, -0.25) is 4.79 Å². The molecule has 0 spiro atoms. The minimum Gasteiger partial charge on any atom is -0.508 e. The Hall–Kier alpha value is -1.64. The van der Waals surface area contributed by atoms with E-state index in [1.807, 2.05) is 0 Å². The van der Waals surface area contributed by atoms with E-state index in [1.54, 1.807) is 0 Å². The predicted molar refractivity (Wildman–Crippen MR) is 41.2 cm³/mol. The summed E-state index contributed by atoms with van der Waals surface area (Å²) >= 11 is 0. The minimum atomic E-state index is -0.356. The monoisotopic (exact) mass is 149 g/mol. The zero-order valence-corrected chi connectivity index (χ0v) is 5.74. The standard InChI is InChI=1S/C8H7NO2/c9-5-8(11)6-1-3-7(10)4-2-6/h1-5,9-10H. The van der Waals surface area contributed by atoms with Crippen molar-refractivity contribution in [3.05, 3.63) is 29.8 Å². The molecular weight excluding hydrogens is 142 g/mol. The molecule has 0 aromatic heterocycles. The Morgan fingerprint density at radius 3 is 2.36 bits per heavy atom. The summed E-state index contributed by atoms with van der Waals surface area (Å²) in [6, 6.07) is 5.78. The lowest BCUT2D eigenvalue weighted by Gasteiger charge is -1.93. The molecule has 0 unspecified atom stereocenters. The average molecular weight is 149 g/mol. The van der Waals surface area contributed by atoms with Crippen LogP contribution in [0.1, 0.15) is 10.4 Å². The van der Waals surface area contributed by atoms with Crippen LogP contribution in [0.4, 0.5) is 0 Å². The number of nitrogens with one attached hydrogen (secondary N) is 1. The van der Waals surface area contributed by atoms with E-state index in [9.17, 15) is 4.79 Å². The topological polar surface area (TPSA) is 61.2 Å². The van der Waals surface area contributed by atoms with Gasteiger partial charge >= 0.3 is 0 Å². The molecule has 56 valence electrons. The highest BCUT2D eigenvalue weighted by Gasteiger charge is 1.99. The predicted octanol–water partition coefficient (Wildman–Crippen LogP) is 1.22. The number of ketones is 1. The molecule has 0 heterocycles. The zero-order chi connectivity index (χ0) is 8.27. The third-order valence-corrected chi connectivity index (χ3v) is 1.28. The normalized spacial score (nSPS) is 9.09. The van der Waals surface area contributed by atoms with Crippen molar-refractivity contribution in [2.75, 3.05) is 0 Å². The van der Waals surface area contributed by atoms with E-state index in [0.717, 1.165) is 6.21 Å². The van der Waals surface area contributed by atoms with Gasteiger partial charge in [0.2, 0.25) is 5.78 Å². The molecule has 0 saturated carbocycles. The zero-order valence-electron chi connectivity index (χ0n) is 5.74. The van der Waals surface area contributed by atoms with Crippen LogP contribution in [-0.2, 0) is 0 Å². The fraction of sp³-hybridized carbons (Fsp3) is 0. The molecule has 0 radical (unpaired) electrons. The van der Waals surface area contributed by atoms with Crippen LogP contribution in [0.15, 0.2) is 24.3 Å². The summed E-state index contributed by atoms with van der Waals surface area (Å²) in [5.74, 6) is -0.239. The number of hydrogen-bond donors (Lipinski definition) is 2. The van der Waals surface area contributed by atoms with Crippen LogP contribution < -0.4 is 0 Å². The summed E-state index contributed by atoms with van der Waals surface area (Å²) in [6.07, 6.45) is 0.742. The largest absolute Gasteiger partial charge is 0.508 e. The van der Waals surface area contributed by atoms with Gasteiger partial charge in [-0.05, 0) is 24.3 Å². The number of Topliss-reactive ketones (excluding diaryl/α,β-unsaturated/α-hetero) is 1. The Morgan fingerprint density at radius 2 is 1.91 bits per heavy atom. The third-order valence-electron chi connectivity index (χ3n) is 1.28. The van der Waals surface area contributed by atoms with Gasteiger partial charge in [0, 0.05) is 5.56 Å². The first-order valence-corrected chi connectivity index (χ1v) is 3.08. The van der Waals surface area contributed by atoms with Gasteiger partial charge in [0.1, 0.15) is 5.75 Å². The molecule has 1 aromatic carbocycles. The second-order valence-corrected chi connectivity index (χ2v) is 2.06. The molecule has 1 aromatic rings. The molecule has 1 rings (SSSR count). The lowest BCUT2D eigenvalue weighted by molar-refractivity contribution is 0.107. The average Bonchev–Trinajstić information content (AvgIpc) is 2.05. The summed E-state index contributed by atoms with van der Waals surface area (Å²) in [5.41, 5.74) is 0.415. The molecule has 0 aliphatic carbocycles. The van der Waals surface area contributed by atoms with E-state index < -0.39 is 0 Å². The number of phenolic OH excluding ortho intramolecular Hbond substituents is 1. The van der Waals surface area contributed by atoms with Gasteiger partial charge in [0.15, 0.2) is 0 Å². The fourth-order valence-electron chi connectivity index (χ4n) is 0.709. The van der Waals surface area contributed by atoms with E-state index in [-0.39, 0.29) is 11.5 Å². The lowest BCUT2D eigenvalue weighted by atomic mass is 10.1. The van der Waals surface area contributed by atoms with E-state index >= 15 is 0 Å². The first kappa shape index (κ1) is 7.47. The number of benzene rings is 1. The van der Waals surface area contributed by atoms with Crippen LogP contribution in [0.3, 0.4) is 0 Å². The number of phenols is 1. The van der Waals surface area contributed by atoms with Gasteiger partial charge in [-0.1, -0.05) is 0 Å². The molecule has 2 N–H and O–H groups in total. The molecule has 0 amide bonds. The smallest absolute Gasteiger partial charge is 0.203 e. The van der Waals surface area contributed by atoms with Gasteiger partial charge < -0.3 is 10.5 Å². The molecule has 0 aliphatic rings. The molecule has 0 aliphatic heterocycles. The minimum absolute atomic E-state index is 0.117. The Morgan fingerprint density at radius 1 is 1.36 bits per heavy atom. The highest BCUT2D eigenvalue weighted by molar-refractivity contribution is 6.34. The second-order valence-electron chi connectivity index (χ2n) is 2.06. The molecule has 0 fully saturated rings. The van der Waals surface area contributed by atoms with E-state index in [1.165, 1.54) is 24.3 Å². The van der Waals surface area contributed by atoms with Gasteiger partial charge in [0.05, 0.1) is 6.21 Å². The van der Waals surface area contributed by atoms with Crippen molar-refractivity contribution in [2.24, 2.45) is 0 Å². The van der Waals surface area contributed by atoms with Crippen LogP contribution in [0.2, 0.25) is 0 Å². The van der Waals surface area contributed by atoms with Crippen LogP contribution >= 0.6 is 0 Å². The molecule has 11 heavy (non-hydrogen) atoms. The first-order chi connectivity index (χ1) is 5.24. The Balaban J connectivity index is 2.98. The summed E-state index contributed by atoms with van der Waals surface area (Å²) < 4.78 is 0. The van der Waals surface area contributed by atoms with E-state index in [0.29, 0.717) is 5.56 Å². The molecular formula is C8H7NO2. The van der Waals surface area contributed by atoms with Crippen molar-refractivity contribution in [1.82, 2.24) is 0 Å². The first-order valence-electron chi connectivity index (χ1n) is 3.08. The van der Waals surface area contributed by atoms with Crippen molar-refractivity contribution in [2.45, 2.75) is 0 Å². The van der Waals surface area contributed by atoms with Crippen molar-refractivity contribution < 1.29 is 9.90 Å². The maximum atomic E-state index is 10.8. The number of carbonyl (C=O) groups is 1. The van der Waals surface area contributed by atoms with Crippen molar-refractivity contribution >= 4 is 12.0 Å². The Kier molecular flexibility index (Phi) is 2.01. The van der Waals surface area contributed by atoms with Crippen LogP contribution in [0.5, 0.6) is 5.75 Å². The Bertz CT molecular complexity index is 277. The molecule has 0 atom stereocenters. The summed E-state index contributed by atoms with van der Waals surface area (Å²) in [6.45, 7) is 0. The molecule has 3 heteroatoms. The second kappa shape index (κ2) is 2.96. The molecule has 0 saturated heterocycles. The third kappa shape index (κ3) is 1.64. The quantitative estimate of drug-likeness (QED) is 0.490. The summed E-state index contributed by atoms with van der Waals surface area (Å²) in [7, 11) is 0. The summed E-state index contributed by atoms with van der Waals surface area (Å²) in [5, 5.41) is 15.5. The molecule has 0 bridgehead atoms. The van der Waals surface area contributed by atoms with Crippen molar-refractivity contribution in [1.29, 1.82) is 5.41 Å². The van der Waals surface area contributed by atoms with Gasteiger partial charge in [-0.15, -0.1) is 0 Å². The van der Waals surface area contributed by atoms with E-state index in [2.05, 4.69) is 0 Å². The molecule has 3 nitrogen and oxygen atoms in total. The van der Waals surface area contributed by atoms with Gasteiger partial charge in [-0.2, -0.15) is 0 Å².